The number of imidazole rings is 1. The molecule has 0 bridgehead atoms. The Kier molecular flexibility index (Phi) is 8.52. The van der Waals surface area contributed by atoms with Crippen LogP contribution in [0.15, 0.2) is 77.9 Å². The summed E-state index contributed by atoms with van der Waals surface area (Å²) in [5.74, 6) is -0.990. The van der Waals surface area contributed by atoms with Crippen molar-refractivity contribution in [3.05, 3.63) is 100 Å². The predicted octanol–water partition coefficient (Wildman–Crippen LogP) is 4.03. The first-order valence-corrected chi connectivity index (χ1v) is 15.1. The van der Waals surface area contributed by atoms with E-state index in [-0.39, 0.29) is 48.1 Å². The number of alkyl halides is 3. The molecule has 1 aliphatic heterocycles. The highest BCUT2D eigenvalue weighted by molar-refractivity contribution is 5.95. The second kappa shape index (κ2) is 12.7. The van der Waals surface area contributed by atoms with Crippen molar-refractivity contribution in [3.63, 3.8) is 0 Å². The second-order valence-corrected chi connectivity index (χ2v) is 11.2. The summed E-state index contributed by atoms with van der Waals surface area (Å²) in [7, 11) is 0. The lowest BCUT2D eigenvalue weighted by Crippen LogP contribution is -2.50. The third kappa shape index (κ3) is 6.13. The Morgan fingerprint density at radius 3 is 2.35 bits per heavy atom. The first-order valence-electron chi connectivity index (χ1n) is 15.1. The molecule has 2 aromatic carbocycles. The second-order valence-electron chi connectivity index (χ2n) is 11.2. The van der Waals surface area contributed by atoms with Gasteiger partial charge in [-0.3, -0.25) is 14.4 Å². The van der Waals surface area contributed by atoms with Crippen molar-refractivity contribution >= 4 is 34.7 Å². The number of fused-ring (bicyclic) bond motifs is 1. The van der Waals surface area contributed by atoms with Crippen LogP contribution in [0.1, 0.15) is 28.7 Å². The van der Waals surface area contributed by atoms with Crippen LogP contribution in [0.25, 0.3) is 17.0 Å². The number of carbonyl (C=O) groups is 2. The zero-order valence-electron chi connectivity index (χ0n) is 25.7. The van der Waals surface area contributed by atoms with Gasteiger partial charge in [-0.2, -0.15) is 13.2 Å². The molecule has 0 radical (unpaired) electrons. The van der Waals surface area contributed by atoms with Crippen LogP contribution >= 0.6 is 0 Å². The molecular weight excluding hydrogens is 629 g/mol. The van der Waals surface area contributed by atoms with Gasteiger partial charge in [0.1, 0.15) is 18.0 Å². The Morgan fingerprint density at radius 2 is 1.71 bits per heavy atom. The van der Waals surface area contributed by atoms with E-state index >= 15 is 0 Å². The van der Waals surface area contributed by atoms with Gasteiger partial charge in [-0.25, -0.2) is 14.4 Å². The molecule has 248 valence electrons. The van der Waals surface area contributed by atoms with Crippen molar-refractivity contribution in [1.82, 2.24) is 23.8 Å². The van der Waals surface area contributed by atoms with E-state index in [1.165, 1.54) is 39.4 Å². The summed E-state index contributed by atoms with van der Waals surface area (Å²) >= 11 is 0. The molecule has 0 aliphatic carbocycles. The fourth-order valence-corrected chi connectivity index (χ4v) is 5.76. The smallest absolute Gasteiger partial charge is 0.416 e. The SMILES string of the molecule is CCc1nc2n(CC(=O)Nc3ccc(C(F)(F)F)cc3)cc(-c3ccccc3N)n2c(=O)c1N1CCN(C(=O)c2ncccc2O)CC1. The molecule has 1 saturated heterocycles. The summed E-state index contributed by atoms with van der Waals surface area (Å²) in [4.78, 5) is 52.9. The Morgan fingerprint density at radius 1 is 1.00 bits per heavy atom. The van der Waals surface area contributed by atoms with Gasteiger partial charge in [0.15, 0.2) is 5.69 Å². The van der Waals surface area contributed by atoms with Gasteiger partial charge in [0.05, 0.1) is 17.0 Å². The highest BCUT2D eigenvalue weighted by Gasteiger charge is 2.31. The maximum Gasteiger partial charge on any atom is 0.416 e. The van der Waals surface area contributed by atoms with Gasteiger partial charge in [0.2, 0.25) is 11.7 Å². The Balaban J connectivity index is 1.34. The lowest BCUT2D eigenvalue weighted by molar-refractivity contribution is -0.137. The van der Waals surface area contributed by atoms with Crippen LogP contribution in [-0.2, 0) is 23.9 Å². The topological polar surface area (TPSA) is 151 Å². The van der Waals surface area contributed by atoms with E-state index in [4.69, 9.17) is 10.7 Å². The molecule has 0 atom stereocenters. The van der Waals surface area contributed by atoms with Crippen molar-refractivity contribution in [2.24, 2.45) is 0 Å². The lowest BCUT2D eigenvalue weighted by atomic mass is 10.1. The average Bonchev–Trinajstić information content (AvgIpc) is 3.42. The van der Waals surface area contributed by atoms with Crippen LogP contribution in [0.4, 0.5) is 30.2 Å². The first-order chi connectivity index (χ1) is 23.0. The normalized spacial score (nSPS) is 13.6. The predicted molar refractivity (Wildman–Crippen MR) is 173 cm³/mol. The number of halogens is 3. The molecule has 1 aliphatic rings. The van der Waals surface area contributed by atoms with Crippen molar-refractivity contribution in [1.29, 1.82) is 0 Å². The van der Waals surface area contributed by atoms with E-state index < -0.39 is 23.6 Å². The number of nitrogens with zero attached hydrogens (tertiary/aromatic N) is 6. The maximum atomic E-state index is 14.4. The third-order valence-corrected chi connectivity index (χ3v) is 8.14. The number of carbonyl (C=O) groups excluding carboxylic acids is 2. The van der Waals surface area contributed by atoms with Crippen molar-refractivity contribution < 1.29 is 27.9 Å². The van der Waals surface area contributed by atoms with Crippen LogP contribution in [0.3, 0.4) is 0 Å². The molecule has 1 fully saturated rings. The molecule has 48 heavy (non-hydrogen) atoms. The molecule has 0 unspecified atom stereocenters. The van der Waals surface area contributed by atoms with Gasteiger partial charge in [0, 0.05) is 55.5 Å². The molecule has 2 amide bonds. The number of aromatic nitrogens is 4. The number of rotatable bonds is 7. The number of aromatic hydroxyl groups is 1. The molecule has 6 rings (SSSR count). The summed E-state index contributed by atoms with van der Waals surface area (Å²) in [5, 5.41) is 12.7. The van der Waals surface area contributed by atoms with E-state index in [0.717, 1.165) is 12.1 Å². The summed E-state index contributed by atoms with van der Waals surface area (Å²) in [6, 6.07) is 14.0. The number of hydrogen-bond acceptors (Lipinski definition) is 8. The quantitative estimate of drug-likeness (QED) is 0.222. The molecule has 0 saturated carbocycles. The highest BCUT2D eigenvalue weighted by atomic mass is 19.4. The van der Waals surface area contributed by atoms with Crippen LogP contribution in [0, 0.1) is 0 Å². The number of pyridine rings is 1. The molecular formula is C33H31F3N8O4. The van der Waals surface area contributed by atoms with E-state index in [0.29, 0.717) is 47.8 Å². The van der Waals surface area contributed by atoms with Gasteiger partial charge in [-0.15, -0.1) is 0 Å². The van der Waals surface area contributed by atoms with Gasteiger partial charge in [-0.05, 0) is 48.9 Å². The number of nitrogens with two attached hydrogens (primary N) is 1. The minimum atomic E-state index is -4.51. The first kappa shape index (κ1) is 32.1. The monoisotopic (exact) mass is 660 g/mol. The zero-order valence-corrected chi connectivity index (χ0v) is 25.7. The van der Waals surface area contributed by atoms with Crippen molar-refractivity contribution in [2.75, 3.05) is 42.1 Å². The molecule has 3 aromatic heterocycles. The Hall–Kier alpha value is -5.86. The fraction of sp³-hybridized carbons (Fsp3) is 0.242. The largest absolute Gasteiger partial charge is 0.505 e. The highest BCUT2D eigenvalue weighted by Crippen LogP contribution is 2.31. The Bertz CT molecular complexity index is 2070. The van der Waals surface area contributed by atoms with Crippen LogP contribution < -0.4 is 21.5 Å². The zero-order chi connectivity index (χ0) is 34.2. The number of nitrogen functional groups attached to an aromatic ring is 1. The minimum absolute atomic E-state index is 0.0443. The number of nitrogens with one attached hydrogen (secondary N) is 1. The number of anilines is 3. The van der Waals surface area contributed by atoms with Gasteiger partial charge in [0.25, 0.3) is 11.5 Å². The molecule has 12 nitrogen and oxygen atoms in total. The van der Waals surface area contributed by atoms with Gasteiger partial charge < -0.3 is 30.5 Å². The molecule has 5 aromatic rings. The third-order valence-electron chi connectivity index (χ3n) is 8.14. The van der Waals surface area contributed by atoms with E-state index in [1.54, 1.807) is 35.4 Å². The molecule has 0 spiro atoms. The Labute approximate surface area is 271 Å². The summed E-state index contributed by atoms with van der Waals surface area (Å²) in [5.41, 5.74) is 7.37. The number of aryl methyl sites for hydroxylation is 1. The van der Waals surface area contributed by atoms with Crippen LogP contribution in [0.5, 0.6) is 5.75 Å². The summed E-state index contributed by atoms with van der Waals surface area (Å²) in [6.07, 6.45) is -1.10. The number of benzene rings is 2. The van der Waals surface area contributed by atoms with Crippen molar-refractivity contribution in [3.8, 4) is 17.0 Å². The summed E-state index contributed by atoms with van der Waals surface area (Å²) in [6.45, 7) is 2.72. The molecule has 4 N–H and O–H groups in total. The standard InChI is InChI=1S/C33H31F3N8O4/c1-2-24-29(41-14-16-42(17-15-41)30(47)28-26(45)8-5-13-38-28)31(48)44-25(22-6-3-4-7-23(22)37)18-43(32(44)40-24)19-27(46)39-21-11-9-20(10-12-21)33(34,35)36/h3-13,18,45H,2,14-17,19,37H2,1H3,(H,39,46). The average molecular weight is 661 g/mol. The van der Waals surface area contributed by atoms with E-state index in [9.17, 15) is 32.7 Å². The minimum Gasteiger partial charge on any atom is -0.505 e. The summed E-state index contributed by atoms with van der Waals surface area (Å²) < 4.78 is 41.9. The number of hydrogen-bond donors (Lipinski definition) is 3. The van der Waals surface area contributed by atoms with E-state index in [2.05, 4.69) is 10.3 Å². The number of piperazine rings is 1. The van der Waals surface area contributed by atoms with Gasteiger partial charge >= 0.3 is 6.18 Å². The van der Waals surface area contributed by atoms with Crippen LogP contribution in [-0.4, -0.2) is 66.9 Å². The maximum absolute atomic E-state index is 14.4. The van der Waals surface area contributed by atoms with E-state index in [1.807, 2.05) is 11.8 Å². The number of amides is 2. The van der Waals surface area contributed by atoms with Crippen molar-refractivity contribution in [2.45, 2.75) is 26.1 Å². The number of para-hydroxylation sites is 1. The fourth-order valence-electron chi connectivity index (χ4n) is 5.76. The molecule has 4 heterocycles. The van der Waals surface area contributed by atoms with Gasteiger partial charge in [-0.1, -0.05) is 25.1 Å². The molecule has 15 heteroatoms. The van der Waals surface area contributed by atoms with Crippen LogP contribution in [0.2, 0.25) is 0 Å². The lowest BCUT2D eigenvalue weighted by Gasteiger charge is -2.36.